The lowest BCUT2D eigenvalue weighted by atomic mass is 10.2. The van der Waals surface area contributed by atoms with Gasteiger partial charge < -0.3 is 19.8 Å². The largest absolute Gasteiger partial charge is 0.480 e. The summed E-state index contributed by atoms with van der Waals surface area (Å²) in [5, 5.41) is 9.28. The number of amides is 2. The summed E-state index contributed by atoms with van der Waals surface area (Å²) in [6, 6.07) is -0.564. The van der Waals surface area contributed by atoms with Crippen LogP contribution in [0.1, 0.15) is 12.8 Å². The first kappa shape index (κ1) is 15.4. The molecule has 1 N–H and O–H groups in total. The molecule has 114 valence electrons. The molecule has 2 amide bonds. The molecule has 0 saturated carbocycles. The summed E-state index contributed by atoms with van der Waals surface area (Å²) in [5.74, 6) is 0.420. The van der Waals surface area contributed by atoms with E-state index in [4.69, 9.17) is 0 Å². The van der Waals surface area contributed by atoms with Gasteiger partial charge in [0.15, 0.2) is 0 Å². The van der Waals surface area contributed by atoms with Crippen LogP contribution in [0.2, 0.25) is 0 Å². The van der Waals surface area contributed by atoms with Crippen LogP contribution in [-0.2, 0) is 4.79 Å². The Morgan fingerprint density at radius 2 is 2.05 bits per heavy atom. The lowest BCUT2D eigenvalue weighted by molar-refractivity contribution is -0.141. The minimum atomic E-state index is -0.895. The van der Waals surface area contributed by atoms with Crippen LogP contribution in [0.4, 0.5) is 4.79 Å². The highest BCUT2D eigenvalue weighted by Crippen LogP contribution is 2.24. The molecule has 6 nitrogen and oxygen atoms in total. The third-order valence-electron chi connectivity index (χ3n) is 3.86. The fraction of sp³-hybridized carbons (Fsp3) is 0.846. The van der Waals surface area contributed by atoms with E-state index in [1.54, 1.807) is 16.7 Å². The molecule has 2 atom stereocenters. The lowest BCUT2D eigenvalue weighted by Gasteiger charge is -2.37. The van der Waals surface area contributed by atoms with Gasteiger partial charge in [-0.3, -0.25) is 0 Å². The highest BCUT2D eigenvalue weighted by Gasteiger charge is 2.38. The van der Waals surface area contributed by atoms with Gasteiger partial charge in [-0.25, -0.2) is 9.59 Å². The number of hydrogen-bond donors (Lipinski definition) is 1. The van der Waals surface area contributed by atoms with Gasteiger partial charge in [0.05, 0.1) is 0 Å². The molecule has 2 aliphatic heterocycles. The average Bonchev–Trinajstić information content (AvgIpc) is 2.85. The molecule has 2 saturated heterocycles. The molecule has 0 aromatic heterocycles. The van der Waals surface area contributed by atoms with Crippen molar-refractivity contribution in [1.29, 1.82) is 0 Å². The molecule has 2 fully saturated rings. The van der Waals surface area contributed by atoms with Gasteiger partial charge in [-0.15, -0.1) is 0 Å². The van der Waals surface area contributed by atoms with Gasteiger partial charge >= 0.3 is 12.0 Å². The van der Waals surface area contributed by atoms with Crippen molar-refractivity contribution in [1.82, 2.24) is 14.7 Å². The van der Waals surface area contributed by atoms with Gasteiger partial charge in [0.2, 0.25) is 0 Å². The quantitative estimate of drug-likeness (QED) is 0.828. The maximum absolute atomic E-state index is 12.7. The molecule has 0 aromatic carbocycles. The van der Waals surface area contributed by atoms with E-state index in [2.05, 4.69) is 4.90 Å². The fourth-order valence-corrected chi connectivity index (χ4v) is 3.94. The van der Waals surface area contributed by atoms with E-state index in [9.17, 15) is 14.7 Å². The highest BCUT2D eigenvalue weighted by atomic mass is 32.2. The van der Waals surface area contributed by atoms with Gasteiger partial charge in [-0.2, -0.15) is 11.8 Å². The zero-order chi connectivity index (χ0) is 14.7. The van der Waals surface area contributed by atoms with Gasteiger partial charge in [0.1, 0.15) is 6.04 Å². The second-order valence-corrected chi connectivity index (χ2v) is 6.81. The second kappa shape index (κ2) is 6.67. The summed E-state index contributed by atoms with van der Waals surface area (Å²) in [6.07, 6.45) is 2.01. The number of likely N-dealkylation sites (tertiary alicyclic amines) is 1. The van der Waals surface area contributed by atoms with E-state index in [0.717, 1.165) is 31.7 Å². The third kappa shape index (κ3) is 3.38. The summed E-state index contributed by atoms with van der Waals surface area (Å²) >= 11 is 1.61. The fourth-order valence-electron chi connectivity index (χ4n) is 2.90. The summed E-state index contributed by atoms with van der Waals surface area (Å²) < 4.78 is 0. The Morgan fingerprint density at radius 1 is 1.30 bits per heavy atom. The predicted molar refractivity (Wildman–Crippen MR) is 79.1 cm³/mol. The summed E-state index contributed by atoms with van der Waals surface area (Å²) in [5.41, 5.74) is 0. The topological polar surface area (TPSA) is 64.1 Å². The van der Waals surface area contributed by atoms with E-state index >= 15 is 0 Å². The smallest absolute Gasteiger partial charge is 0.327 e. The van der Waals surface area contributed by atoms with Crippen LogP contribution in [0, 0.1) is 0 Å². The molecule has 0 radical (unpaired) electrons. The van der Waals surface area contributed by atoms with E-state index in [0.29, 0.717) is 12.3 Å². The lowest BCUT2D eigenvalue weighted by Crippen LogP contribution is -2.56. The summed E-state index contributed by atoms with van der Waals surface area (Å²) in [6.45, 7) is 2.12. The monoisotopic (exact) mass is 301 g/mol. The third-order valence-corrected chi connectivity index (χ3v) is 4.88. The van der Waals surface area contributed by atoms with Crippen LogP contribution in [0.3, 0.4) is 0 Å². The number of nitrogens with zero attached hydrogens (tertiary/aromatic N) is 3. The van der Waals surface area contributed by atoms with Crippen LogP contribution in [0.25, 0.3) is 0 Å². The SMILES string of the molecule is CN(C)CC1CCCN1C(=O)N1CCSCC1C(=O)O. The average molecular weight is 301 g/mol. The number of thioether (sulfide) groups is 1. The first-order chi connectivity index (χ1) is 9.50. The van der Waals surface area contributed by atoms with Crippen molar-refractivity contribution in [3.63, 3.8) is 0 Å². The Hall–Kier alpha value is -0.950. The molecule has 0 bridgehead atoms. The molecule has 20 heavy (non-hydrogen) atoms. The maximum Gasteiger partial charge on any atom is 0.327 e. The van der Waals surface area contributed by atoms with Crippen molar-refractivity contribution in [2.75, 3.05) is 45.2 Å². The van der Waals surface area contributed by atoms with Crippen LogP contribution in [0.15, 0.2) is 0 Å². The molecule has 2 unspecified atom stereocenters. The number of carbonyl (C=O) groups excluding carboxylic acids is 1. The van der Waals surface area contributed by atoms with Crippen molar-refractivity contribution in [3.8, 4) is 0 Å². The predicted octanol–water partition coefficient (Wildman–Crippen LogP) is 0.634. The van der Waals surface area contributed by atoms with Crippen molar-refractivity contribution in [3.05, 3.63) is 0 Å². The molecule has 2 rings (SSSR count). The number of urea groups is 1. The number of likely N-dealkylation sites (N-methyl/N-ethyl adjacent to an activating group) is 1. The van der Waals surface area contributed by atoms with E-state index in [1.165, 1.54) is 0 Å². The zero-order valence-electron chi connectivity index (χ0n) is 12.1. The Bertz CT molecular complexity index is 378. The number of carbonyl (C=O) groups is 2. The van der Waals surface area contributed by atoms with Crippen LogP contribution in [-0.4, -0.2) is 89.1 Å². The molecular weight excluding hydrogens is 278 g/mol. The minimum absolute atomic E-state index is 0.0953. The number of rotatable bonds is 3. The second-order valence-electron chi connectivity index (χ2n) is 5.66. The highest BCUT2D eigenvalue weighted by molar-refractivity contribution is 7.99. The standard InChI is InChI=1S/C13H23N3O3S/c1-14(2)8-10-4-3-5-15(10)13(19)16-6-7-20-9-11(16)12(17)18/h10-11H,3-9H2,1-2H3,(H,17,18). The Kier molecular flexibility index (Phi) is 5.15. The molecule has 0 aliphatic carbocycles. The van der Waals surface area contributed by atoms with E-state index in [1.807, 2.05) is 19.0 Å². The Balaban J connectivity index is 2.06. The number of carboxylic acids is 1. The molecule has 2 aliphatic rings. The number of aliphatic carboxylic acids is 1. The van der Waals surface area contributed by atoms with Crippen molar-refractivity contribution >= 4 is 23.8 Å². The van der Waals surface area contributed by atoms with E-state index in [-0.39, 0.29) is 12.1 Å². The van der Waals surface area contributed by atoms with Crippen LogP contribution < -0.4 is 0 Å². The van der Waals surface area contributed by atoms with Gasteiger partial charge in [0, 0.05) is 37.2 Å². The van der Waals surface area contributed by atoms with E-state index < -0.39 is 12.0 Å². The van der Waals surface area contributed by atoms with Crippen molar-refractivity contribution in [2.45, 2.75) is 24.9 Å². The van der Waals surface area contributed by atoms with Crippen LogP contribution in [0.5, 0.6) is 0 Å². The van der Waals surface area contributed by atoms with Gasteiger partial charge in [0.25, 0.3) is 0 Å². The summed E-state index contributed by atoms with van der Waals surface area (Å²) in [4.78, 5) is 29.5. The first-order valence-electron chi connectivity index (χ1n) is 7.03. The minimum Gasteiger partial charge on any atom is -0.480 e. The Morgan fingerprint density at radius 3 is 2.70 bits per heavy atom. The van der Waals surface area contributed by atoms with Crippen molar-refractivity contribution < 1.29 is 14.7 Å². The number of hydrogen-bond acceptors (Lipinski definition) is 4. The Labute approximate surface area is 124 Å². The molecule has 0 aromatic rings. The normalized spacial score (nSPS) is 27.1. The molecule has 0 spiro atoms. The first-order valence-corrected chi connectivity index (χ1v) is 8.18. The zero-order valence-corrected chi connectivity index (χ0v) is 12.9. The number of carboxylic acid groups (broad SMARTS) is 1. The van der Waals surface area contributed by atoms with Gasteiger partial charge in [-0.05, 0) is 26.9 Å². The van der Waals surface area contributed by atoms with Crippen molar-refractivity contribution in [2.24, 2.45) is 0 Å². The molecule has 2 heterocycles. The summed E-state index contributed by atoms with van der Waals surface area (Å²) in [7, 11) is 4.00. The van der Waals surface area contributed by atoms with Gasteiger partial charge in [-0.1, -0.05) is 0 Å². The maximum atomic E-state index is 12.7. The van der Waals surface area contributed by atoms with Crippen LogP contribution >= 0.6 is 11.8 Å². The molecule has 7 heteroatoms. The molecular formula is C13H23N3O3S.